The van der Waals surface area contributed by atoms with Crippen molar-refractivity contribution in [3.05, 3.63) is 265 Å². The van der Waals surface area contributed by atoms with E-state index in [9.17, 15) is 0 Å². The van der Waals surface area contributed by atoms with Gasteiger partial charge in [-0.2, -0.15) is 18.7 Å². The number of nitrogens with zero attached hydrogens (tertiary/aromatic N) is 4. The maximum Gasteiger partial charge on any atom is 0.277 e. The molecule has 308 valence electrons. The van der Waals surface area contributed by atoms with Crippen molar-refractivity contribution in [1.29, 1.82) is 0 Å². The normalized spacial score (nSPS) is 18.2. The molecule has 11 heteroatoms. The Balaban J connectivity index is 0.00000245. The van der Waals surface area contributed by atoms with E-state index in [2.05, 4.69) is 72.8 Å². The molecule has 62 heavy (non-hydrogen) atoms. The molecule has 0 saturated carbocycles. The number of fused-ring (bicyclic) bond motifs is 4. The fourth-order valence-electron chi connectivity index (χ4n) is 9.79. The Morgan fingerprint density at radius 2 is 0.484 bits per heavy atom. The van der Waals surface area contributed by atoms with Crippen LogP contribution in [0.4, 0.5) is 0 Å². The van der Waals surface area contributed by atoms with E-state index in [1.165, 1.54) is 0 Å². The number of aromatic nitrogens is 4. The van der Waals surface area contributed by atoms with Gasteiger partial charge in [-0.25, -0.2) is 0 Å². The van der Waals surface area contributed by atoms with E-state index in [-0.39, 0.29) is 50.1 Å². The Morgan fingerprint density at radius 1 is 0.290 bits per heavy atom. The predicted octanol–water partition coefficient (Wildman–Crippen LogP) is 8.38. The fraction of sp³-hybridized carbons (Fsp3) is 0.0784. The zero-order valence-corrected chi connectivity index (χ0v) is 37.1. The van der Waals surface area contributed by atoms with Crippen LogP contribution in [0.2, 0.25) is 0 Å². The van der Waals surface area contributed by atoms with E-state index in [1.807, 2.05) is 97.1 Å². The summed E-state index contributed by atoms with van der Waals surface area (Å²) in [7, 11) is -4.18. The van der Waals surface area contributed by atoms with Gasteiger partial charge in [0.2, 0.25) is 0 Å². The Labute approximate surface area is 373 Å². The summed E-state index contributed by atoms with van der Waals surface area (Å²) in [6.45, 7) is 0. The quantitative estimate of drug-likeness (QED) is 0.0953. The summed E-state index contributed by atoms with van der Waals surface area (Å²) in [5, 5.41) is 3.69. The van der Waals surface area contributed by atoms with Crippen molar-refractivity contribution in [2.45, 2.75) is 23.1 Å². The van der Waals surface area contributed by atoms with E-state index >= 15 is 19.2 Å². The van der Waals surface area contributed by atoms with Crippen LogP contribution in [0.1, 0.15) is 45.4 Å². The summed E-state index contributed by atoms with van der Waals surface area (Å²) in [4.78, 5) is 60.1. The van der Waals surface area contributed by atoms with Crippen molar-refractivity contribution >= 4 is 48.0 Å². The summed E-state index contributed by atoms with van der Waals surface area (Å²) < 4.78 is 6.98. The topological polar surface area (TPSA) is 88.0 Å². The molecule has 2 aliphatic heterocycles. The molecule has 0 N–H and O–H groups in total. The van der Waals surface area contributed by atoms with Gasteiger partial charge in [-0.1, -0.05) is 158 Å². The van der Waals surface area contributed by atoms with Crippen molar-refractivity contribution in [3.8, 4) is 0 Å². The first-order chi connectivity index (χ1) is 29.5. The Hall–Kier alpha value is -6.06. The van der Waals surface area contributed by atoms with E-state index < -0.39 is 39.0 Å². The van der Waals surface area contributed by atoms with Crippen LogP contribution >= 0.6 is 15.8 Å². The molecule has 0 fully saturated rings. The molecule has 0 amide bonds. The molecule has 2 aromatic heterocycles. The predicted molar refractivity (Wildman–Crippen MR) is 252 cm³/mol. The third-order valence-corrected chi connectivity index (χ3v) is 19.3. The first-order valence-corrected chi connectivity index (χ1v) is 23.4. The summed E-state index contributed by atoms with van der Waals surface area (Å²) >= 11 is 0. The van der Waals surface area contributed by atoms with Crippen LogP contribution in [0.5, 0.6) is 0 Å². The monoisotopic (exact) mass is 941 g/mol. The molecule has 0 saturated heterocycles. The average molecular weight is 942 g/mol. The van der Waals surface area contributed by atoms with Gasteiger partial charge in [0, 0.05) is 42.7 Å². The van der Waals surface area contributed by atoms with Gasteiger partial charge in [0.25, 0.3) is 22.2 Å². The molecule has 0 aliphatic carbocycles. The van der Waals surface area contributed by atoms with Crippen molar-refractivity contribution in [1.82, 2.24) is 18.7 Å². The molecule has 4 heterocycles. The number of hydrogen-bond acceptors (Lipinski definition) is 4. The van der Waals surface area contributed by atoms with E-state index in [0.29, 0.717) is 21.5 Å². The zero-order chi connectivity index (χ0) is 40.5. The first kappa shape index (κ1) is 41.3. The van der Waals surface area contributed by atoms with Gasteiger partial charge >= 0.3 is 0 Å². The van der Waals surface area contributed by atoms with Crippen LogP contribution in [-0.2, 0) is 20.4 Å². The van der Waals surface area contributed by atoms with Crippen molar-refractivity contribution in [3.63, 3.8) is 0 Å². The first-order valence-electron chi connectivity index (χ1n) is 20.1. The van der Waals surface area contributed by atoms with Gasteiger partial charge < -0.3 is 7.43 Å². The molecule has 0 unspecified atom stereocenters. The average Bonchev–Trinajstić information content (AvgIpc) is 3.87. The zero-order valence-electron chi connectivity index (χ0n) is 33.5. The molecule has 0 spiro atoms. The molecule has 2 aliphatic rings. The number of rotatable bonds is 6. The number of benzene rings is 7. The molecule has 7 aromatic carbocycles. The Kier molecular flexibility index (Phi) is 11.1. The molecule has 8 nitrogen and oxygen atoms in total. The van der Waals surface area contributed by atoms with Crippen molar-refractivity contribution < 1.29 is 20.4 Å². The van der Waals surface area contributed by atoms with Crippen molar-refractivity contribution in [2.24, 2.45) is 0 Å². The third-order valence-electron chi connectivity index (χ3n) is 12.2. The summed E-state index contributed by atoms with van der Waals surface area (Å²) in [5.74, 6) is -1.96. The third kappa shape index (κ3) is 6.30. The van der Waals surface area contributed by atoms with Crippen molar-refractivity contribution in [2.75, 3.05) is 0 Å². The van der Waals surface area contributed by atoms with Gasteiger partial charge in [-0.05, 0) is 36.4 Å². The summed E-state index contributed by atoms with van der Waals surface area (Å²) in [5.41, 5.74) is 2.90. The number of hydrogen-bond donors (Lipinski definition) is 0. The van der Waals surface area contributed by atoms with Gasteiger partial charge in [0.1, 0.15) is 10.6 Å². The SMILES string of the molecule is O=c1c2ccccc2c(=O)n2n1[C@H](c1ccccc1)[PH+](c1ccccc1[PH+]1[C@@H](c3ccccc3)n3c(=O)c4ccccc4c(=O)n3[C@@H]1c1ccccc1)[C@H]2c1ccccc1.[CH3-].[Pd]. The Morgan fingerprint density at radius 3 is 0.710 bits per heavy atom. The van der Waals surface area contributed by atoms with Crippen LogP contribution in [0.3, 0.4) is 0 Å². The fourth-order valence-corrected chi connectivity index (χ4v) is 18.0. The standard InChI is InChI=1S/C50H36N4O4P2.CH3.Pd/c55-43-37-27-13-14-28-38(37)44(56)52-48(34-21-7-2-8-22-34)59(47(51(43)52)33-19-5-1-6-20-33)41-31-17-18-32-42(41)60-49(35-23-9-3-10-24-35)53-45(57)39-29-15-16-30-40(39)46(58)54(53)50(60)36-25-11-4-12-26-36;;/h1-32,47-50H;1H3;/q;-1;/p+2/t47-,48-,49-,50-;;/m0../s1. The molecule has 0 bridgehead atoms. The molecular weight excluding hydrogens is 901 g/mol. The van der Waals surface area contributed by atoms with Crippen LogP contribution < -0.4 is 32.8 Å². The molecule has 4 atom stereocenters. The largest absolute Gasteiger partial charge is 0.358 e. The van der Waals surface area contributed by atoms with Gasteiger partial charge in [-0.3, -0.25) is 19.2 Å². The van der Waals surface area contributed by atoms with Crippen LogP contribution in [0, 0.1) is 7.43 Å². The maximum absolute atomic E-state index is 15.0. The van der Waals surface area contributed by atoms with E-state index in [1.54, 1.807) is 43.0 Å². The van der Waals surface area contributed by atoms with Crippen LogP contribution in [0.25, 0.3) is 21.5 Å². The van der Waals surface area contributed by atoms with Gasteiger partial charge in [-0.15, -0.1) is 0 Å². The minimum Gasteiger partial charge on any atom is -0.358 e. The Bertz CT molecular complexity index is 2930. The molecule has 0 radical (unpaired) electrons. The molecular formula is C51H41N4O4P2Pd+. The summed E-state index contributed by atoms with van der Waals surface area (Å²) in [6.07, 6.45) is 0. The second kappa shape index (κ2) is 16.7. The second-order valence-corrected chi connectivity index (χ2v) is 20.5. The smallest absolute Gasteiger partial charge is 0.277 e. The van der Waals surface area contributed by atoms with E-state index in [0.717, 1.165) is 32.9 Å². The molecule has 11 rings (SSSR count). The molecule has 9 aromatic rings. The maximum atomic E-state index is 15.0. The van der Waals surface area contributed by atoms with E-state index in [4.69, 9.17) is 0 Å². The summed E-state index contributed by atoms with van der Waals surface area (Å²) in [6, 6.07) is 63.0. The second-order valence-electron chi connectivity index (χ2n) is 15.4. The van der Waals surface area contributed by atoms with Gasteiger partial charge in [0.15, 0.2) is 23.1 Å². The van der Waals surface area contributed by atoms with Crippen LogP contribution in [-0.4, -0.2) is 18.7 Å². The van der Waals surface area contributed by atoms with Crippen LogP contribution in [0.15, 0.2) is 213 Å². The minimum absolute atomic E-state index is 0. The minimum atomic E-state index is -2.09. The van der Waals surface area contributed by atoms with Gasteiger partial charge in [0.05, 0.1) is 37.4 Å².